The number of nitrogens with zero attached hydrogens (tertiary/aromatic N) is 8. The van der Waals surface area contributed by atoms with Crippen molar-refractivity contribution in [3.05, 3.63) is 53.3 Å². The minimum atomic E-state index is -0.261. The first-order chi connectivity index (χ1) is 19.4. The Balaban J connectivity index is 1.19. The Bertz CT molecular complexity index is 1490. The van der Waals surface area contributed by atoms with Crippen molar-refractivity contribution in [3.63, 3.8) is 0 Å². The summed E-state index contributed by atoms with van der Waals surface area (Å²) in [6.45, 7) is 8.91. The van der Waals surface area contributed by atoms with Crippen LogP contribution in [0, 0.1) is 5.82 Å². The Labute approximate surface area is 237 Å². The van der Waals surface area contributed by atoms with Crippen molar-refractivity contribution in [3.8, 4) is 11.3 Å². The zero-order valence-electron chi connectivity index (χ0n) is 23.3. The largest absolute Gasteiger partial charge is 0.353 e. The molecule has 2 aliphatic heterocycles. The summed E-state index contributed by atoms with van der Waals surface area (Å²) in [7, 11) is 1.99. The van der Waals surface area contributed by atoms with E-state index in [1.165, 1.54) is 23.5 Å². The molecule has 1 atom stereocenters. The number of carbonyl (C=O) groups is 1. The number of imidazole rings is 1. The number of hydrogen-bond acceptors (Lipinski definition) is 8. The maximum Gasteiger partial charge on any atom is 0.236 e. The lowest BCUT2D eigenvalue weighted by atomic mass is 10.2. The molecule has 2 aliphatic rings. The molecule has 40 heavy (non-hydrogen) atoms. The van der Waals surface area contributed by atoms with Crippen molar-refractivity contribution < 1.29 is 9.18 Å². The van der Waals surface area contributed by atoms with Crippen LogP contribution in [0.3, 0.4) is 0 Å². The molecule has 0 aliphatic carbocycles. The van der Waals surface area contributed by atoms with Gasteiger partial charge in [0.15, 0.2) is 16.6 Å². The fraction of sp³-hybridized carbons (Fsp3) is 0.448. The van der Waals surface area contributed by atoms with Crippen LogP contribution in [0.2, 0.25) is 0 Å². The third kappa shape index (κ3) is 5.15. The van der Waals surface area contributed by atoms with Crippen LogP contribution in [0.5, 0.6) is 0 Å². The maximum absolute atomic E-state index is 13.4. The minimum Gasteiger partial charge on any atom is -0.353 e. The highest BCUT2D eigenvalue weighted by molar-refractivity contribution is 7.14. The van der Waals surface area contributed by atoms with E-state index in [0.717, 1.165) is 91.4 Å². The van der Waals surface area contributed by atoms with Gasteiger partial charge in [-0.25, -0.2) is 14.4 Å². The topological polar surface area (TPSA) is 73.1 Å². The Morgan fingerprint density at radius 2 is 1.85 bits per heavy atom. The van der Waals surface area contributed by atoms with Crippen molar-refractivity contribution in [1.82, 2.24) is 29.4 Å². The van der Waals surface area contributed by atoms with E-state index in [9.17, 15) is 9.18 Å². The van der Waals surface area contributed by atoms with Gasteiger partial charge in [-0.3, -0.25) is 9.69 Å². The Kier molecular flexibility index (Phi) is 7.41. The fourth-order valence-corrected chi connectivity index (χ4v) is 6.48. The lowest BCUT2D eigenvalue weighted by Crippen LogP contribution is -2.50. The summed E-state index contributed by atoms with van der Waals surface area (Å²) < 4.78 is 15.3. The molecular formula is C29H35FN8OS. The monoisotopic (exact) mass is 562 g/mol. The number of thiazole rings is 1. The van der Waals surface area contributed by atoms with E-state index >= 15 is 0 Å². The third-order valence-corrected chi connectivity index (χ3v) is 8.93. The molecule has 0 bridgehead atoms. The van der Waals surface area contributed by atoms with E-state index in [4.69, 9.17) is 15.1 Å². The second-order valence-corrected chi connectivity index (χ2v) is 11.5. The quantitative estimate of drug-likeness (QED) is 0.329. The van der Waals surface area contributed by atoms with Crippen LogP contribution in [0.4, 0.5) is 21.2 Å². The number of rotatable bonds is 7. The molecule has 1 amide bonds. The van der Waals surface area contributed by atoms with Gasteiger partial charge in [-0.15, -0.1) is 16.4 Å². The maximum atomic E-state index is 13.4. The van der Waals surface area contributed by atoms with Gasteiger partial charge < -0.3 is 14.7 Å². The number of hydrogen-bond donors (Lipinski definition) is 0. The van der Waals surface area contributed by atoms with Crippen LogP contribution in [-0.4, -0.2) is 87.6 Å². The van der Waals surface area contributed by atoms with E-state index in [1.807, 2.05) is 38.9 Å². The standard InChI is InChI=1S/C29H35FN8OS/c1-4-23-28(34(3)29-32-24(19-40-29)21-7-9-22(30)10-8-21)38-25(31-23)11-12-26(33-38)36-16-14-35(15-17-36)18-27(39)37-13-5-6-20(37)2/h7-12,19-20H,4-6,13-18H2,1-3H3. The second kappa shape index (κ2) is 11.1. The number of fused-ring (bicyclic) bond motifs is 1. The summed E-state index contributed by atoms with van der Waals surface area (Å²) in [6.07, 6.45) is 2.98. The van der Waals surface area contributed by atoms with Crippen molar-refractivity contribution >= 4 is 39.7 Å². The normalized spacial score (nSPS) is 18.1. The summed E-state index contributed by atoms with van der Waals surface area (Å²) in [5.74, 6) is 1.78. The predicted octanol–water partition coefficient (Wildman–Crippen LogP) is 4.46. The zero-order chi connectivity index (χ0) is 27.8. The van der Waals surface area contributed by atoms with Gasteiger partial charge in [0.05, 0.1) is 17.9 Å². The van der Waals surface area contributed by atoms with Gasteiger partial charge in [-0.05, 0) is 62.6 Å². The molecule has 6 rings (SSSR count). The number of benzene rings is 1. The fourth-order valence-electron chi connectivity index (χ4n) is 5.68. The molecular weight excluding hydrogens is 527 g/mol. The van der Waals surface area contributed by atoms with Crippen LogP contribution < -0.4 is 9.80 Å². The van der Waals surface area contributed by atoms with Gasteiger partial charge in [-0.1, -0.05) is 6.92 Å². The van der Waals surface area contributed by atoms with Crippen molar-refractivity contribution in [2.24, 2.45) is 0 Å². The van der Waals surface area contributed by atoms with E-state index in [0.29, 0.717) is 12.6 Å². The molecule has 0 radical (unpaired) electrons. The van der Waals surface area contributed by atoms with Gasteiger partial charge in [0.2, 0.25) is 5.91 Å². The van der Waals surface area contributed by atoms with E-state index in [-0.39, 0.29) is 11.7 Å². The Morgan fingerprint density at radius 3 is 2.55 bits per heavy atom. The number of piperazine rings is 1. The van der Waals surface area contributed by atoms with Gasteiger partial charge in [0.1, 0.15) is 11.6 Å². The third-order valence-electron chi connectivity index (χ3n) is 8.01. The van der Waals surface area contributed by atoms with Crippen LogP contribution in [0.15, 0.2) is 41.8 Å². The van der Waals surface area contributed by atoms with Gasteiger partial charge in [0, 0.05) is 56.8 Å². The van der Waals surface area contributed by atoms with E-state index in [1.54, 1.807) is 12.1 Å². The van der Waals surface area contributed by atoms with Gasteiger partial charge in [-0.2, -0.15) is 4.52 Å². The minimum absolute atomic E-state index is 0.251. The molecule has 210 valence electrons. The SMILES string of the molecule is CCc1nc2ccc(N3CCN(CC(=O)N4CCCC4C)CC3)nn2c1N(C)c1nc(-c2ccc(F)cc2)cs1. The Morgan fingerprint density at radius 1 is 1.07 bits per heavy atom. The molecule has 5 heterocycles. The van der Waals surface area contributed by atoms with Crippen molar-refractivity contribution in [1.29, 1.82) is 0 Å². The number of halogens is 1. The van der Waals surface area contributed by atoms with Crippen LogP contribution in [0.1, 0.15) is 32.4 Å². The summed E-state index contributed by atoms with van der Waals surface area (Å²) in [4.78, 5) is 31.1. The number of aromatic nitrogens is 4. The molecule has 3 aromatic heterocycles. The summed E-state index contributed by atoms with van der Waals surface area (Å²) >= 11 is 1.53. The summed E-state index contributed by atoms with van der Waals surface area (Å²) in [6, 6.07) is 10.8. The first-order valence-corrected chi connectivity index (χ1v) is 14.9. The second-order valence-electron chi connectivity index (χ2n) is 10.6. The van der Waals surface area contributed by atoms with Crippen molar-refractivity contribution in [2.75, 3.05) is 56.1 Å². The molecule has 9 nitrogen and oxygen atoms in total. The summed E-state index contributed by atoms with van der Waals surface area (Å²) in [5, 5.41) is 7.83. The van der Waals surface area contributed by atoms with E-state index in [2.05, 4.69) is 23.6 Å². The average molecular weight is 563 g/mol. The van der Waals surface area contributed by atoms with Gasteiger partial charge in [0.25, 0.3) is 0 Å². The molecule has 0 spiro atoms. The molecule has 4 aromatic rings. The first kappa shape index (κ1) is 26.6. The Hall–Kier alpha value is -3.57. The van der Waals surface area contributed by atoms with E-state index < -0.39 is 0 Å². The van der Waals surface area contributed by atoms with Gasteiger partial charge >= 0.3 is 0 Å². The van der Waals surface area contributed by atoms with Crippen LogP contribution >= 0.6 is 11.3 Å². The molecule has 0 saturated carbocycles. The molecule has 1 unspecified atom stereocenters. The predicted molar refractivity (Wildman–Crippen MR) is 157 cm³/mol. The number of aryl methyl sites for hydroxylation is 1. The number of carbonyl (C=O) groups excluding carboxylic acids is 1. The smallest absolute Gasteiger partial charge is 0.236 e. The number of amides is 1. The average Bonchev–Trinajstić information content (AvgIpc) is 3.71. The van der Waals surface area contributed by atoms with Crippen molar-refractivity contribution in [2.45, 2.75) is 39.2 Å². The molecule has 0 N–H and O–H groups in total. The molecule has 1 aromatic carbocycles. The summed E-state index contributed by atoms with van der Waals surface area (Å²) in [5.41, 5.74) is 3.43. The lowest BCUT2D eigenvalue weighted by Gasteiger charge is -2.36. The first-order valence-electron chi connectivity index (χ1n) is 14.0. The van der Waals surface area contributed by atoms with Crippen LogP contribution in [0.25, 0.3) is 16.9 Å². The zero-order valence-corrected chi connectivity index (χ0v) is 24.1. The molecule has 11 heteroatoms. The highest BCUT2D eigenvalue weighted by Crippen LogP contribution is 2.33. The lowest BCUT2D eigenvalue weighted by molar-refractivity contribution is -0.133. The number of likely N-dealkylation sites (tertiary alicyclic amines) is 1. The highest BCUT2D eigenvalue weighted by Gasteiger charge is 2.28. The number of anilines is 3. The highest BCUT2D eigenvalue weighted by atomic mass is 32.1. The molecule has 2 fully saturated rings. The van der Waals surface area contributed by atoms with Crippen LogP contribution in [-0.2, 0) is 11.2 Å². The molecule has 2 saturated heterocycles.